The Morgan fingerprint density at radius 3 is 2.18 bits per heavy atom. The minimum Gasteiger partial charge on any atom is -0.497 e. The van der Waals surface area contributed by atoms with E-state index in [0.717, 1.165) is 10.6 Å². The van der Waals surface area contributed by atoms with Crippen molar-refractivity contribution in [2.45, 2.75) is 39.4 Å². The number of hydrogen-bond acceptors (Lipinski definition) is 5. The van der Waals surface area contributed by atoms with E-state index in [1.807, 2.05) is 13.8 Å². The van der Waals surface area contributed by atoms with E-state index < -0.39 is 28.5 Å². The highest BCUT2D eigenvalue weighted by atomic mass is 35.5. The van der Waals surface area contributed by atoms with Crippen LogP contribution in [0.3, 0.4) is 0 Å². The molecular formula is C23H30ClN3O5S. The maximum absolute atomic E-state index is 13.4. The highest BCUT2D eigenvalue weighted by molar-refractivity contribution is 7.92. The van der Waals surface area contributed by atoms with Crippen LogP contribution < -0.4 is 14.4 Å². The summed E-state index contributed by atoms with van der Waals surface area (Å²) in [5.41, 5.74) is 0.954. The van der Waals surface area contributed by atoms with Gasteiger partial charge >= 0.3 is 0 Å². The number of ether oxygens (including phenoxy) is 1. The molecule has 0 bridgehead atoms. The van der Waals surface area contributed by atoms with Crippen molar-refractivity contribution in [1.29, 1.82) is 0 Å². The zero-order valence-corrected chi connectivity index (χ0v) is 21.0. The van der Waals surface area contributed by atoms with Gasteiger partial charge in [-0.1, -0.05) is 29.8 Å². The first kappa shape index (κ1) is 26.5. The van der Waals surface area contributed by atoms with Crippen molar-refractivity contribution in [3.63, 3.8) is 0 Å². The largest absolute Gasteiger partial charge is 0.497 e. The second-order valence-electron chi connectivity index (χ2n) is 7.92. The van der Waals surface area contributed by atoms with Crippen LogP contribution in [-0.4, -0.2) is 57.1 Å². The molecule has 0 aliphatic rings. The number of amides is 2. The zero-order chi connectivity index (χ0) is 24.8. The quantitative estimate of drug-likeness (QED) is 0.546. The number of nitrogens with zero attached hydrogens (tertiary/aromatic N) is 2. The zero-order valence-electron chi connectivity index (χ0n) is 19.4. The third kappa shape index (κ3) is 7.36. The number of hydrogen-bond donors (Lipinski definition) is 1. The number of methoxy groups -OCH3 is 1. The topological polar surface area (TPSA) is 96.0 Å². The van der Waals surface area contributed by atoms with E-state index in [0.29, 0.717) is 22.0 Å². The normalized spacial score (nSPS) is 12.2. The van der Waals surface area contributed by atoms with Crippen LogP contribution in [0.2, 0.25) is 5.02 Å². The molecule has 0 unspecified atom stereocenters. The van der Waals surface area contributed by atoms with Gasteiger partial charge in [-0.05, 0) is 56.7 Å². The number of anilines is 1. The van der Waals surface area contributed by atoms with Gasteiger partial charge in [0.15, 0.2) is 0 Å². The third-order valence-corrected chi connectivity index (χ3v) is 6.45. The lowest BCUT2D eigenvalue weighted by Crippen LogP contribution is -2.52. The molecule has 0 aliphatic carbocycles. The van der Waals surface area contributed by atoms with Gasteiger partial charge in [0.2, 0.25) is 21.8 Å². The molecule has 0 spiro atoms. The van der Waals surface area contributed by atoms with Crippen molar-refractivity contribution in [2.24, 2.45) is 0 Å². The summed E-state index contributed by atoms with van der Waals surface area (Å²) in [5, 5.41) is 3.24. The lowest BCUT2D eigenvalue weighted by atomic mass is 10.1. The maximum atomic E-state index is 13.4. The second kappa shape index (κ2) is 11.4. The van der Waals surface area contributed by atoms with E-state index in [9.17, 15) is 18.0 Å². The van der Waals surface area contributed by atoms with E-state index in [1.54, 1.807) is 55.5 Å². The van der Waals surface area contributed by atoms with Crippen molar-refractivity contribution >= 4 is 39.1 Å². The summed E-state index contributed by atoms with van der Waals surface area (Å²) in [6, 6.07) is 12.4. The van der Waals surface area contributed by atoms with Crippen LogP contribution >= 0.6 is 11.6 Å². The molecule has 0 radical (unpaired) electrons. The van der Waals surface area contributed by atoms with Gasteiger partial charge in [-0.25, -0.2) is 8.42 Å². The molecular weight excluding hydrogens is 466 g/mol. The highest BCUT2D eigenvalue weighted by Crippen LogP contribution is 2.23. The molecule has 0 heterocycles. The van der Waals surface area contributed by atoms with E-state index in [2.05, 4.69) is 5.32 Å². The van der Waals surface area contributed by atoms with E-state index >= 15 is 0 Å². The van der Waals surface area contributed by atoms with Crippen LogP contribution in [-0.2, 0) is 26.2 Å². The van der Waals surface area contributed by atoms with Gasteiger partial charge in [0.1, 0.15) is 18.3 Å². The fourth-order valence-electron chi connectivity index (χ4n) is 3.16. The third-order valence-electron chi connectivity index (χ3n) is 4.94. The number of halogens is 1. The molecule has 0 saturated heterocycles. The van der Waals surface area contributed by atoms with Crippen molar-refractivity contribution in [3.05, 3.63) is 59.1 Å². The first-order valence-electron chi connectivity index (χ1n) is 10.4. The predicted molar refractivity (Wildman–Crippen MR) is 130 cm³/mol. The Hall–Kier alpha value is -2.78. The summed E-state index contributed by atoms with van der Waals surface area (Å²) in [4.78, 5) is 27.5. The molecule has 33 heavy (non-hydrogen) atoms. The van der Waals surface area contributed by atoms with Gasteiger partial charge < -0.3 is 15.0 Å². The molecule has 0 saturated carbocycles. The Labute approximate surface area is 200 Å². The average Bonchev–Trinajstić information content (AvgIpc) is 2.75. The molecule has 8 nitrogen and oxygen atoms in total. The standard InChI is InChI=1S/C23H30ClN3O5S/c1-16(2)25-23(29)17(3)26(14-18-8-6-7-9-21(18)24)22(28)15-27(33(5,30)31)19-10-12-20(32-4)13-11-19/h6-13,16-17H,14-15H2,1-5H3,(H,25,29)/t17-/m0/s1. The smallest absolute Gasteiger partial charge is 0.244 e. The minimum absolute atomic E-state index is 0.0470. The van der Waals surface area contributed by atoms with Gasteiger partial charge in [0.05, 0.1) is 19.1 Å². The minimum atomic E-state index is -3.79. The summed E-state index contributed by atoms with van der Waals surface area (Å²) in [6.45, 7) is 4.81. The number of benzene rings is 2. The molecule has 1 atom stereocenters. The van der Waals surface area contributed by atoms with Crippen molar-refractivity contribution in [1.82, 2.24) is 10.2 Å². The molecule has 10 heteroatoms. The van der Waals surface area contributed by atoms with Crippen LogP contribution in [0.15, 0.2) is 48.5 Å². The maximum Gasteiger partial charge on any atom is 0.244 e. The van der Waals surface area contributed by atoms with E-state index in [-0.39, 0.29) is 18.5 Å². The monoisotopic (exact) mass is 495 g/mol. The molecule has 2 amide bonds. The van der Waals surface area contributed by atoms with E-state index in [1.165, 1.54) is 12.0 Å². The Kier molecular flexibility index (Phi) is 9.13. The Morgan fingerprint density at radius 1 is 1.06 bits per heavy atom. The van der Waals surface area contributed by atoms with Gasteiger partial charge in [-0.2, -0.15) is 0 Å². The summed E-state index contributed by atoms with van der Waals surface area (Å²) < 4.78 is 31.2. The summed E-state index contributed by atoms with van der Waals surface area (Å²) in [7, 11) is -2.29. The molecule has 2 aromatic carbocycles. The molecule has 0 fully saturated rings. The molecule has 0 aromatic heterocycles. The van der Waals surface area contributed by atoms with Crippen LogP contribution in [0, 0.1) is 0 Å². The fourth-order valence-corrected chi connectivity index (χ4v) is 4.21. The van der Waals surface area contributed by atoms with Crippen molar-refractivity contribution < 1.29 is 22.7 Å². The Morgan fingerprint density at radius 2 is 1.67 bits per heavy atom. The fraction of sp³-hybridized carbons (Fsp3) is 0.391. The number of carbonyl (C=O) groups excluding carboxylic acids is 2. The second-order valence-corrected chi connectivity index (χ2v) is 10.2. The van der Waals surface area contributed by atoms with Crippen LogP contribution in [0.1, 0.15) is 26.3 Å². The summed E-state index contributed by atoms with van der Waals surface area (Å²) in [5.74, 6) is -0.332. The van der Waals surface area contributed by atoms with Crippen LogP contribution in [0.4, 0.5) is 5.69 Å². The Bertz CT molecular complexity index is 1070. The molecule has 2 rings (SSSR count). The van der Waals surface area contributed by atoms with Gasteiger partial charge in [0.25, 0.3) is 0 Å². The number of nitrogens with one attached hydrogen (secondary N) is 1. The van der Waals surface area contributed by atoms with Gasteiger partial charge in [-0.3, -0.25) is 13.9 Å². The van der Waals surface area contributed by atoms with Gasteiger partial charge in [-0.15, -0.1) is 0 Å². The number of sulfonamides is 1. The molecule has 2 aromatic rings. The lowest BCUT2D eigenvalue weighted by molar-refractivity contribution is -0.139. The highest BCUT2D eigenvalue weighted by Gasteiger charge is 2.30. The first-order valence-corrected chi connectivity index (χ1v) is 12.6. The van der Waals surface area contributed by atoms with Crippen molar-refractivity contribution in [2.75, 3.05) is 24.2 Å². The number of carbonyl (C=O) groups is 2. The lowest BCUT2D eigenvalue weighted by Gasteiger charge is -2.32. The average molecular weight is 496 g/mol. The summed E-state index contributed by atoms with van der Waals surface area (Å²) in [6.07, 6.45) is 1.03. The predicted octanol–water partition coefficient (Wildman–Crippen LogP) is 3.06. The SMILES string of the molecule is COc1ccc(N(CC(=O)N(Cc2ccccc2Cl)[C@@H](C)C(=O)NC(C)C)S(C)(=O)=O)cc1. The first-order chi connectivity index (χ1) is 15.4. The summed E-state index contributed by atoms with van der Waals surface area (Å²) >= 11 is 6.29. The molecule has 1 N–H and O–H groups in total. The molecule has 180 valence electrons. The number of rotatable bonds is 10. The van der Waals surface area contributed by atoms with Gasteiger partial charge in [0, 0.05) is 17.6 Å². The Balaban J connectivity index is 2.39. The van der Waals surface area contributed by atoms with Crippen LogP contribution in [0.5, 0.6) is 5.75 Å². The molecule has 0 aliphatic heterocycles. The van der Waals surface area contributed by atoms with Crippen molar-refractivity contribution in [3.8, 4) is 5.75 Å². The van der Waals surface area contributed by atoms with E-state index in [4.69, 9.17) is 16.3 Å². The van der Waals surface area contributed by atoms with Crippen LogP contribution in [0.25, 0.3) is 0 Å².